The average Bonchev–Trinajstić information content (AvgIpc) is 2.54. The van der Waals surface area contributed by atoms with Crippen LogP contribution in [0.5, 0.6) is 0 Å². The van der Waals surface area contributed by atoms with Crippen molar-refractivity contribution in [3.8, 4) is 0 Å². The van der Waals surface area contributed by atoms with Gasteiger partial charge in [0.05, 0.1) is 4.92 Å². The third-order valence-electron chi connectivity index (χ3n) is 4.00. The number of carboxylic acid groups (broad SMARTS) is 1. The Morgan fingerprint density at radius 2 is 1.81 bits per heavy atom. The van der Waals surface area contributed by atoms with E-state index in [-0.39, 0.29) is 5.65 Å². The minimum absolute atomic E-state index is 0.246. The first-order valence-electron chi connectivity index (χ1n) is 7.48. The van der Waals surface area contributed by atoms with Crippen molar-refractivity contribution in [3.05, 3.63) is 41.2 Å². The highest BCUT2D eigenvalue weighted by Crippen LogP contribution is 2.22. The van der Waals surface area contributed by atoms with Gasteiger partial charge in [-0.2, -0.15) is 0 Å². The second kappa shape index (κ2) is 6.46. The molecule has 0 spiro atoms. The molecule has 0 radical (unpaired) electrons. The third-order valence-corrected chi connectivity index (χ3v) is 4.00. The quantitative estimate of drug-likeness (QED) is 0.462. The molecule has 0 amide bonds. The maximum atomic E-state index is 12.6. The molecule has 0 fully saturated rings. The summed E-state index contributed by atoms with van der Waals surface area (Å²) in [6.45, 7) is 3.14. The van der Waals surface area contributed by atoms with Gasteiger partial charge in [0, 0.05) is 14.1 Å². The number of fused-ring (bicyclic) bond motifs is 1. The normalized spacial score (nSPS) is 12.3. The van der Waals surface area contributed by atoms with E-state index in [0.717, 1.165) is 11.6 Å². The number of nitrogens with zero attached hydrogens (tertiary/aromatic N) is 3. The van der Waals surface area contributed by atoms with Crippen LogP contribution < -0.4 is 22.0 Å². The second-order valence-corrected chi connectivity index (χ2v) is 6.07. The summed E-state index contributed by atoms with van der Waals surface area (Å²) in [7, 11) is 2.41. The monoisotopic (exact) mass is 367 g/mol. The number of anilines is 1. The van der Waals surface area contributed by atoms with Crippen molar-refractivity contribution >= 4 is 28.5 Å². The summed E-state index contributed by atoms with van der Waals surface area (Å²) >= 11 is 0. The Balaban J connectivity index is 2.96. The van der Waals surface area contributed by atoms with Crippen LogP contribution in [0.4, 0.5) is 11.5 Å². The van der Waals surface area contributed by atoms with Crippen molar-refractivity contribution in [3.63, 3.8) is 0 Å². The average molecular weight is 367 g/mol. The van der Waals surface area contributed by atoms with E-state index in [1.54, 1.807) is 13.8 Å². The van der Waals surface area contributed by atoms with Crippen LogP contribution in [-0.4, -0.2) is 36.2 Å². The Hall–Kier alpha value is -3.44. The van der Waals surface area contributed by atoms with Crippen molar-refractivity contribution < 1.29 is 14.8 Å². The van der Waals surface area contributed by atoms with Gasteiger partial charge in [-0.3, -0.25) is 28.8 Å². The zero-order valence-electron chi connectivity index (χ0n) is 14.4. The van der Waals surface area contributed by atoms with Gasteiger partial charge in [0.1, 0.15) is 17.1 Å². The summed E-state index contributed by atoms with van der Waals surface area (Å²) in [5.41, 5.74) is -4.20. The van der Waals surface area contributed by atoms with Gasteiger partial charge in [0.15, 0.2) is 5.82 Å². The van der Waals surface area contributed by atoms with Gasteiger partial charge in [0.25, 0.3) is 11.0 Å². The topological polar surface area (TPSA) is 169 Å². The SMILES string of the molecule is CC(C)[C@H](Nc1[nH]c2c(c(=O)c1[N+](=O)[O-])c(=O)n(C)c(=O)n2C)C(=O)O. The molecule has 2 rings (SSSR count). The van der Waals surface area contributed by atoms with Crippen molar-refractivity contribution in [1.82, 2.24) is 14.1 Å². The molecule has 0 unspecified atom stereocenters. The molecule has 1 atom stereocenters. The van der Waals surface area contributed by atoms with E-state index < -0.39 is 56.4 Å². The predicted molar refractivity (Wildman–Crippen MR) is 91.6 cm³/mol. The maximum absolute atomic E-state index is 12.6. The Morgan fingerprint density at radius 1 is 1.23 bits per heavy atom. The van der Waals surface area contributed by atoms with Crippen LogP contribution in [0.25, 0.3) is 11.0 Å². The van der Waals surface area contributed by atoms with Crippen molar-refractivity contribution in [2.75, 3.05) is 5.32 Å². The van der Waals surface area contributed by atoms with Crippen molar-refractivity contribution in [2.24, 2.45) is 20.0 Å². The molecule has 2 aromatic rings. The zero-order valence-corrected chi connectivity index (χ0v) is 14.4. The van der Waals surface area contributed by atoms with E-state index in [0.29, 0.717) is 4.57 Å². The molecule has 0 saturated heterocycles. The molecule has 0 aliphatic rings. The van der Waals surface area contributed by atoms with Crippen LogP contribution >= 0.6 is 0 Å². The Kier molecular flexibility index (Phi) is 4.69. The highest BCUT2D eigenvalue weighted by atomic mass is 16.6. The molecule has 0 bridgehead atoms. The minimum Gasteiger partial charge on any atom is -0.480 e. The molecule has 2 heterocycles. The smallest absolute Gasteiger partial charge is 0.357 e. The summed E-state index contributed by atoms with van der Waals surface area (Å²) in [5.74, 6) is -2.25. The van der Waals surface area contributed by atoms with E-state index in [1.807, 2.05) is 0 Å². The second-order valence-electron chi connectivity index (χ2n) is 6.07. The van der Waals surface area contributed by atoms with Gasteiger partial charge in [-0.05, 0) is 5.92 Å². The molecule has 2 aromatic heterocycles. The number of aromatic nitrogens is 3. The highest BCUT2D eigenvalue weighted by Gasteiger charge is 2.30. The van der Waals surface area contributed by atoms with Crippen molar-refractivity contribution in [1.29, 1.82) is 0 Å². The number of pyridine rings is 1. The van der Waals surface area contributed by atoms with E-state index in [2.05, 4.69) is 10.3 Å². The molecule has 0 aromatic carbocycles. The number of hydrogen-bond acceptors (Lipinski definition) is 7. The molecule has 3 N–H and O–H groups in total. The number of H-pyrrole nitrogens is 1. The Morgan fingerprint density at radius 3 is 2.27 bits per heavy atom. The summed E-state index contributed by atoms with van der Waals surface area (Å²) < 4.78 is 1.60. The zero-order chi connectivity index (χ0) is 19.9. The van der Waals surface area contributed by atoms with Gasteiger partial charge in [-0.25, -0.2) is 9.59 Å². The first kappa shape index (κ1) is 18.9. The lowest BCUT2D eigenvalue weighted by molar-refractivity contribution is -0.385. The van der Waals surface area contributed by atoms with Gasteiger partial charge in [0.2, 0.25) is 0 Å². The third kappa shape index (κ3) is 2.85. The maximum Gasteiger partial charge on any atom is 0.357 e. The molecule has 140 valence electrons. The van der Waals surface area contributed by atoms with Gasteiger partial charge in [-0.15, -0.1) is 0 Å². The molecule has 26 heavy (non-hydrogen) atoms. The number of aryl methyl sites for hydroxylation is 1. The van der Waals surface area contributed by atoms with Crippen molar-refractivity contribution in [2.45, 2.75) is 19.9 Å². The highest BCUT2D eigenvalue weighted by molar-refractivity contribution is 5.83. The fourth-order valence-electron chi connectivity index (χ4n) is 2.55. The van der Waals surface area contributed by atoms with Crippen LogP contribution in [0.3, 0.4) is 0 Å². The summed E-state index contributed by atoms with van der Waals surface area (Å²) in [5, 5.41) is 22.5. The van der Waals surface area contributed by atoms with Crippen LogP contribution in [0.1, 0.15) is 13.8 Å². The number of nitro groups is 1. The van der Waals surface area contributed by atoms with E-state index in [9.17, 15) is 34.4 Å². The van der Waals surface area contributed by atoms with E-state index in [1.165, 1.54) is 7.05 Å². The molecule has 0 saturated carbocycles. The number of aromatic amines is 1. The molecular weight excluding hydrogens is 350 g/mol. The van der Waals surface area contributed by atoms with Gasteiger partial charge >= 0.3 is 17.3 Å². The predicted octanol–water partition coefficient (Wildman–Crippen LogP) is -0.645. The number of nitrogens with one attached hydrogen (secondary N) is 2. The lowest BCUT2D eigenvalue weighted by Crippen LogP contribution is -2.40. The lowest BCUT2D eigenvalue weighted by Gasteiger charge is -2.19. The molecule has 12 nitrogen and oxygen atoms in total. The molecular formula is C14H17N5O7. The number of hydrogen-bond donors (Lipinski definition) is 3. The molecule has 0 aliphatic heterocycles. The summed E-state index contributed by atoms with van der Waals surface area (Å²) in [6, 6.07) is -1.25. The number of rotatable bonds is 5. The van der Waals surface area contributed by atoms with Crippen LogP contribution in [-0.2, 0) is 18.9 Å². The van der Waals surface area contributed by atoms with E-state index >= 15 is 0 Å². The lowest BCUT2D eigenvalue weighted by atomic mass is 10.0. The Labute approximate surface area is 144 Å². The first-order chi connectivity index (χ1) is 12.0. The van der Waals surface area contributed by atoms with Crippen LogP contribution in [0.2, 0.25) is 0 Å². The number of aliphatic carboxylic acids is 1. The Bertz CT molecular complexity index is 1090. The van der Waals surface area contributed by atoms with Gasteiger partial charge < -0.3 is 15.4 Å². The van der Waals surface area contributed by atoms with Crippen LogP contribution in [0.15, 0.2) is 14.4 Å². The number of carboxylic acids is 1. The first-order valence-corrected chi connectivity index (χ1v) is 7.48. The molecule has 12 heteroatoms. The standard InChI is InChI=1S/C14H17N5O7/c1-5(2)7(13(22)23)15-10-8(19(25)26)9(20)6-11(16-10)17(3)14(24)18(4)12(6)21/h5,7H,1-4H3,(H,22,23)(H2,15,16,20)/t7-/m0/s1. The largest absolute Gasteiger partial charge is 0.480 e. The number of carbonyl (C=O) groups is 1. The summed E-state index contributed by atoms with van der Waals surface area (Å²) in [4.78, 5) is 61.0. The van der Waals surface area contributed by atoms with E-state index in [4.69, 9.17) is 0 Å². The van der Waals surface area contributed by atoms with Gasteiger partial charge in [-0.1, -0.05) is 13.8 Å². The molecule has 0 aliphatic carbocycles. The summed E-state index contributed by atoms with van der Waals surface area (Å²) in [6.07, 6.45) is 0. The van der Waals surface area contributed by atoms with Crippen LogP contribution in [0, 0.1) is 16.0 Å². The fraction of sp³-hybridized carbons (Fsp3) is 0.429. The fourth-order valence-corrected chi connectivity index (χ4v) is 2.55. The minimum atomic E-state index is -1.28.